The Balaban J connectivity index is 1.39. The highest BCUT2D eigenvalue weighted by molar-refractivity contribution is 5.76. The number of rotatable bonds is 6. The molecule has 25 heavy (non-hydrogen) atoms. The van der Waals surface area contributed by atoms with Crippen molar-refractivity contribution in [2.45, 2.75) is 25.7 Å². The number of ether oxygens (including phenoxy) is 2. The van der Waals surface area contributed by atoms with Gasteiger partial charge in [-0.3, -0.25) is 4.79 Å². The van der Waals surface area contributed by atoms with E-state index in [0.717, 1.165) is 44.9 Å². The highest BCUT2D eigenvalue weighted by Crippen LogP contribution is 2.26. The average molecular weight is 346 g/mol. The Morgan fingerprint density at radius 2 is 1.88 bits per heavy atom. The lowest BCUT2D eigenvalue weighted by molar-refractivity contribution is -0.135. The van der Waals surface area contributed by atoms with Crippen LogP contribution in [0.4, 0.5) is 0 Å². The fourth-order valence-corrected chi connectivity index (χ4v) is 3.82. The molecule has 1 aromatic carbocycles. The zero-order valence-corrected chi connectivity index (χ0v) is 15.3. The molecule has 1 amide bonds. The molecule has 0 aliphatic carbocycles. The van der Waals surface area contributed by atoms with Gasteiger partial charge in [0, 0.05) is 26.1 Å². The Bertz CT molecular complexity index is 550. The van der Waals surface area contributed by atoms with Crippen LogP contribution in [0.5, 0.6) is 5.75 Å². The number of nitrogens with zero attached hydrogens (tertiary/aromatic N) is 2. The predicted molar refractivity (Wildman–Crippen MR) is 97.9 cm³/mol. The minimum Gasteiger partial charge on any atom is -0.496 e. The van der Waals surface area contributed by atoms with E-state index in [1.165, 1.54) is 18.4 Å². The van der Waals surface area contributed by atoms with Gasteiger partial charge in [0.25, 0.3) is 0 Å². The highest BCUT2D eigenvalue weighted by atomic mass is 16.5. The van der Waals surface area contributed by atoms with Crippen LogP contribution in [-0.2, 0) is 16.0 Å². The molecule has 2 aliphatic heterocycles. The van der Waals surface area contributed by atoms with Gasteiger partial charge in [0.15, 0.2) is 0 Å². The van der Waals surface area contributed by atoms with Gasteiger partial charge in [-0.15, -0.1) is 0 Å². The lowest BCUT2D eigenvalue weighted by Gasteiger charge is -2.33. The first-order valence-corrected chi connectivity index (χ1v) is 9.46. The van der Waals surface area contributed by atoms with Gasteiger partial charge in [0.05, 0.1) is 20.3 Å². The number of carbonyl (C=O) groups is 1. The van der Waals surface area contributed by atoms with Crippen LogP contribution < -0.4 is 4.74 Å². The molecular formula is C20H30N2O3. The summed E-state index contributed by atoms with van der Waals surface area (Å²) in [7, 11) is 1.74. The molecule has 3 rings (SSSR count). The topological polar surface area (TPSA) is 42.0 Å². The number of benzene rings is 1. The first-order valence-electron chi connectivity index (χ1n) is 9.46. The summed E-state index contributed by atoms with van der Waals surface area (Å²) in [6.07, 6.45) is 4.12. The molecule has 0 spiro atoms. The van der Waals surface area contributed by atoms with Crippen LogP contribution in [0.2, 0.25) is 0 Å². The smallest absolute Gasteiger partial charge is 0.224 e. The molecule has 2 aliphatic rings. The third-order valence-corrected chi connectivity index (χ3v) is 5.41. The van der Waals surface area contributed by atoms with Crippen molar-refractivity contribution in [2.75, 3.05) is 53.0 Å². The van der Waals surface area contributed by atoms with Crippen LogP contribution in [-0.4, -0.2) is 68.8 Å². The monoisotopic (exact) mass is 346 g/mol. The minimum absolute atomic E-state index is 0.277. The van der Waals surface area contributed by atoms with Crippen LogP contribution in [0.15, 0.2) is 24.3 Å². The molecule has 0 saturated carbocycles. The Kier molecular flexibility index (Phi) is 6.70. The van der Waals surface area contributed by atoms with E-state index in [-0.39, 0.29) is 5.91 Å². The Morgan fingerprint density at radius 1 is 1.16 bits per heavy atom. The van der Waals surface area contributed by atoms with Gasteiger partial charge >= 0.3 is 0 Å². The van der Waals surface area contributed by atoms with Gasteiger partial charge in [0.1, 0.15) is 5.75 Å². The largest absolute Gasteiger partial charge is 0.496 e. The number of hydrogen-bond acceptors (Lipinski definition) is 4. The van der Waals surface area contributed by atoms with Gasteiger partial charge < -0.3 is 19.3 Å². The molecule has 2 heterocycles. The fourth-order valence-electron chi connectivity index (χ4n) is 3.82. The summed E-state index contributed by atoms with van der Waals surface area (Å²) in [5.41, 5.74) is 1.31. The van der Waals surface area contributed by atoms with Crippen molar-refractivity contribution in [1.82, 2.24) is 9.80 Å². The van der Waals surface area contributed by atoms with E-state index >= 15 is 0 Å². The molecule has 5 nitrogen and oxygen atoms in total. The summed E-state index contributed by atoms with van der Waals surface area (Å²) in [6.45, 7) is 5.93. The quantitative estimate of drug-likeness (QED) is 0.792. The summed E-state index contributed by atoms with van der Waals surface area (Å²) < 4.78 is 10.8. The van der Waals surface area contributed by atoms with Gasteiger partial charge in [-0.1, -0.05) is 18.2 Å². The summed E-state index contributed by atoms with van der Waals surface area (Å²) in [4.78, 5) is 16.6. The van der Waals surface area contributed by atoms with Gasteiger partial charge in [0.2, 0.25) is 5.91 Å². The SMILES string of the molecule is COc1ccccc1CC1CCN(CCC(=O)N2CCOCC2)CC1. The Hall–Kier alpha value is -1.59. The van der Waals surface area contributed by atoms with E-state index in [0.29, 0.717) is 25.6 Å². The van der Waals surface area contributed by atoms with Crippen molar-refractivity contribution in [3.63, 3.8) is 0 Å². The number of methoxy groups -OCH3 is 1. The molecule has 1 aromatic rings. The van der Waals surface area contributed by atoms with Crippen LogP contribution in [0.1, 0.15) is 24.8 Å². The second-order valence-corrected chi connectivity index (χ2v) is 7.04. The number of para-hydroxylation sites is 1. The molecule has 0 atom stereocenters. The number of piperidine rings is 1. The minimum atomic E-state index is 0.277. The first kappa shape index (κ1) is 18.2. The van der Waals surface area contributed by atoms with E-state index in [1.807, 2.05) is 17.0 Å². The van der Waals surface area contributed by atoms with Crippen molar-refractivity contribution < 1.29 is 14.3 Å². The average Bonchev–Trinajstić information content (AvgIpc) is 2.68. The lowest BCUT2D eigenvalue weighted by atomic mass is 9.90. The van der Waals surface area contributed by atoms with Crippen LogP contribution in [0.3, 0.4) is 0 Å². The van der Waals surface area contributed by atoms with Gasteiger partial charge in [-0.05, 0) is 49.9 Å². The maximum absolute atomic E-state index is 12.2. The molecule has 138 valence electrons. The molecule has 0 unspecified atom stereocenters. The summed E-state index contributed by atoms with van der Waals surface area (Å²) >= 11 is 0. The van der Waals surface area contributed by atoms with Crippen molar-refractivity contribution in [2.24, 2.45) is 5.92 Å². The summed E-state index contributed by atoms with van der Waals surface area (Å²) in [5, 5.41) is 0. The summed E-state index contributed by atoms with van der Waals surface area (Å²) in [6, 6.07) is 8.33. The van der Waals surface area contributed by atoms with E-state index in [9.17, 15) is 4.79 Å². The van der Waals surface area contributed by atoms with Gasteiger partial charge in [-0.25, -0.2) is 0 Å². The van der Waals surface area contributed by atoms with Crippen LogP contribution >= 0.6 is 0 Å². The molecule has 0 N–H and O–H groups in total. The zero-order valence-electron chi connectivity index (χ0n) is 15.3. The molecule has 2 fully saturated rings. The third-order valence-electron chi connectivity index (χ3n) is 5.41. The molecule has 0 aromatic heterocycles. The lowest BCUT2D eigenvalue weighted by Crippen LogP contribution is -2.43. The van der Waals surface area contributed by atoms with Gasteiger partial charge in [-0.2, -0.15) is 0 Å². The van der Waals surface area contributed by atoms with E-state index in [4.69, 9.17) is 9.47 Å². The van der Waals surface area contributed by atoms with Crippen molar-refractivity contribution in [3.8, 4) is 5.75 Å². The predicted octanol–water partition coefficient (Wildman–Crippen LogP) is 2.20. The number of morpholine rings is 1. The van der Waals surface area contributed by atoms with Crippen LogP contribution in [0.25, 0.3) is 0 Å². The Morgan fingerprint density at radius 3 is 2.60 bits per heavy atom. The molecule has 2 saturated heterocycles. The zero-order chi connectivity index (χ0) is 17.5. The van der Waals surface area contributed by atoms with E-state index in [1.54, 1.807) is 7.11 Å². The number of hydrogen-bond donors (Lipinski definition) is 0. The van der Waals surface area contributed by atoms with Crippen molar-refractivity contribution in [1.29, 1.82) is 0 Å². The highest BCUT2D eigenvalue weighted by Gasteiger charge is 2.22. The maximum atomic E-state index is 12.2. The Labute approximate surface area is 150 Å². The number of carbonyl (C=O) groups excluding carboxylic acids is 1. The fraction of sp³-hybridized carbons (Fsp3) is 0.650. The standard InChI is InChI=1S/C20H30N2O3/c1-24-19-5-3-2-4-18(19)16-17-6-9-21(10-7-17)11-8-20(23)22-12-14-25-15-13-22/h2-5,17H,6-16H2,1H3. The second kappa shape index (κ2) is 9.20. The first-order chi connectivity index (χ1) is 12.3. The maximum Gasteiger partial charge on any atom is 0.224 e. The molecule has 0 bridgehead atoms. The third kappa shape index (κ3) is 5.19. The molecular weight excluding hydrogens is 316 g/mol. The van der Waals surface area contributed by atoms with E-state index in [2.05, 4.69) is 17.0 Å². The number of likely N-dealkylation sites (tertiary alicyclic amines) is 1. The molecule has 0 radical (unpaired) electrons. The molecule has 5 heteroatoms. The van der Waals surface area contributed by atoms with Crippen molar-refractivity contribution in [3.05, 3.63) is 29.8 Å². The second-order valence-electron chi connectivity index (χ2n) is 7.04. The normalized spacial score (nSPS) is 19.8. The number of amides is 1. The van der Waals surface area contributed by atoms with Crippen molar-refractivity contribution >= 4 is 5.91 Å². The van der Waals surface area contributed by atoms with Crippen LogP contribution in [0, 0.1) is 5.92 Å². The summed E-state index contributed by atoms with van der Waals surface area (Å²) in [5.74, 6) is 1.99. The van der Waals surface area contributed by atoms with E-state index < -0.39 is 0 Å².